The molecule has 0 radical (unpaired) electrons. The molecular formula is C19H23ClFN3O. The minimum atomic E-state index is -0.708. The van der Waals surface area contributed by atoms with E-state index in [9.17, 15) is 4.39 Å². The van der Waals surface area contributed by atoms with E-state index in [0.717, 1.165) is 35.1 Å². The fourth-order valence-electron chi connectivity index (χ4n) is 3.80. The number of alkyl halides is 1. The molecule has 134 valence electrons. The number of fused-ring (bicyclic) bond motifs is 1. The van der Waals surface area contributed by atoms with Crippen molar-refractivity contribution in [3.05, 3.63) is 40.5 Å². The van der Waals surface area contributed by atoms with E-state index in [1.807, 2.05) is 19.1 Å². The van der Waals surface area contributed by atoms with E-state index in [1.165, 1.54) is 0 Å². The van der Waals surface area contributed by atoms with Gasteiger partial charge in [-0.1, -0.05) is 29.8 Å². The lowest BCUT2D eigenvalue weighted by atomic mass is 9.95. The highest BCUT2D eigenvalue weighted by Crippen LogP contribution is 2.30. The molecule has 4 rings (SSSR count). The van der Waals surface area contributed by atoms with Gasteiger partial charge in [-0.25, -0.2) is 9.37 Å². The number of para-hydroxylation sites is 1. The topological polar surface area (TPSA) is 37.4 Å². The number of pyridine rings is 1. The summed E-state index contributed by atoms with van der Waals surface area (Å²) >= 11 is 6.38. The van der Waals surface area contributed by atoms with Crippen LogP contribution in [0.1, 0.15) is 17.5 Å². The number of rotatable bonds is 5. The molecular weight excluding hydrogens is 341 g/mol. The molecule has 1 aromatic heterocycles. The fraction of sp³-hybridized carbons (Fsp3) is 0.526. The number of ether oxygens (including phenoxy) is 1. The molecule has 1 N–H and O–H groups in total. The Morgan fingerprint density at radius 2 is 2.28 bits per heavy atom. The highest BCUT2D eigenvalue weighted by atomic mass is 35.5. The standard InChI is InChI=1S/C19H23ClFN3O/c1-13-3-2-4-14-7-15(18(20)23-17(13)14)8-22-10-19(11-25-12-19)24-6-5-16(21)9-24/h2-4,7,16,22H,5-6,8-12H2,1H3. The van der Waals surface area contributed by atoms with Gasteiger partial charge in [0.1, 0.15) is 11.3 Å². The maximum atomic E-state index is 13.6. The van der Waals surface area contributed by atoms with Crippen LogP contribution in [0.5, 0.6) is 0 Å². The Labute approximate surface area is 152 Å². The van der Waals surface area contributed by atoms with Crippen LogP contribution in [0.2, 0.25) is 5.15 Å². The quantitative estimate of drug-likeness (QED) is 0.828. The Balaban J connectivity index is 1.44. The highest BCUT2D eigenvalue weighted by molar-refractivity contribution is 6.30. The van der Waals surface area contributed by atoms with Crippen LogP contribution in [-0.2, 0) is 11.3 Å². The largest absolute Gasteiger partial charge is 0.377 e. The summed E-state index contributed by atoms with van der Waals surface area (Å²) in [6.45, 7) is 6.10. The first kappa shape index (κ1) is 17.2. The van der Waals surface area contributed by atoms with Crippen molar-refractivity contribution in [3.8, 4) is 0 Å². The number of benzene rings is 1. The van der Waals surface area contributed by atoms with Crippen molar-refractivity contribution in [3.63, 3.8) is 0 Å². The smallest absolute Gasteiger partial charge is 0.134 e. The van der Waals surface area contributed by atoms with Crippen molar-refractivity contribution in [2.75, 3.05) is 32.8 Å². The fourth-order valence-corrected chi connectivity index (χ4v) is 4.01. The van der Waals surface area contributed by atoms with Gasteiger partial charge in [0.2, 0.25) is 0 Å². The maximum Gasteiger partial charge on any atom is 0.134 e. The first-order valence-corrected chi connectivity index (χ1v) is 9.17. The molecule has 0 aliphatic carbocycles. The average Bonchev–Trinajstić information content (AvgIpc) is 2.98. The van der Waals surface area contributed by atoms with E-state index >= 15 is 0 Å². The number of likely N-dealkylation sites (tertiary alicyclic amines) is 1. The highest BCUT2D eigenvalue weighted by Gasteiger charge is 2.46. The van der Waals surface area contributed by atoms with Crippen LogP contribution in [0.4, 0.5) is 4.39 Å². The zero-order chi connectivity index (χ0) is 17.4. The van der Waals surface area contributed by atoms with E-state index in [0.29, 0.717) is 37.9 Å². The van der Waals surface area contributed by atoms with Crippen LogP contribution < -0.4 is 5.32 Å². The number of hydrogen-bond acceptors (Lipinski definition) is 4. The molecule has 6 heteroatoms. The molecule has 3 heterocycles. The van der Waals surface area contributed by atoms with Gasteiger partial charge in [-0.2, -0.15) is 0 Å². The van der Waals surface area contributed by atoms with Crippen molar-refractivity contribution in [2.24, 2.45) is 0 Å². The van der Waals surface area contributed by atoms with Crippen LogP contribution in [0, 0.1) is 6.92 Å². The summed E-state index contributed by atoms with van der Waals surface area (Å²) in [6.07, 6.45) is -0.0820. The molecule has 2 saturated heterocycles. The van der Waals surface area contributed by atoms with Gasteiger partial charge in [-0.05, 0) is 25.0 Å². The second-order valence-electron chi connectivity index (χ2n) is 7.24. The zero-order valence-corrected chi connectivity index (χ0v) is 15.2. The summed E-state index contributed by atoms with van der Waals surface area (Å²) in [7, 11) is 0. The monoisotopic (exact) mass is 363 g/mol. The van der Waals surface area contributed by atoms with Crippen molar-refractivity contribution in [1.29, 1.82) is 0 Å². The van der Waals surface area contributed by atoms with Gasteiger partial charge in [0.25, 0.3) is 0 Å². The Bertz CT molecular complexity index is 781. The number of halogens is 2. The molecule has 25 heavy (non-hydrogen) atoms. The second-order valence-corrected chi connectivity index (χ2v) is 7.60. The van der Waals surface area contributed by atoms with Crippen molar-refractivity contribution < 1.29 is 9.13 Å². The number of hydrogen-bond donors (Lipinski definition) is 1. The molecule has 1 atom stereocenters. The summed E-state index contributed by atoms with van der Waals surface area (Å²) in [5.41, 5.74) is 2.99. The summed E-state index contributed by atoms with van der Waals surface area (Å²) in [6, 6.07) is 8.23. The summed E-state index contributed by atoms with van der Waals surface area (Å²) < 4.78 is 19.0. The van der Waals surface area contributed by atoms with Crippen LogP contribution in [0.3, 0.4) is 0 Å². The molecule has 4 nitrogen and oxygen atoms in total. The van der Waals surface area contributed by atoms with E-state index in [-0.39, 0.29) is 5.54 Å². The van der Waals surface area contributed by atoms with Gasteiger partial charge >= 0.3 is 0 Å². The van der Waals surface area contributed by atoms with Crippen molar-refractivity contribution in [2.45, 2.75) is 31.6 Å². The predicted molar refractivity (Wildman–Crippen MR) is 97.8 cm³/mol. The lowest BCUT2D eigenvalue weighted by Crippen LogP contribution is -2.66. The first-order valence-electron chi connectivity index (χ1n) is 8.80. The zero-order valence-electron chi connectivity index (χ0n) is 14.4. The van der Waals surface area contributed by atoms with E-state index in [2.05, 4.69) is 27.3 Å². The third kappa shape index (κ3) is 3.26. The maximum absolute atomic E-state index is 13.6. The molecule has 1 aromatic carbocycles. The Kier molecular flexibility index (Phi) is 4.67. The average molecular weight is 364 g/mol. The predicted octanol–water partition coefficient (Wildman–Crippen LogP) is 3.10. The van der Waals surface area contributed by atoms with Crippen molar-refractivity contribution in [1.82, 2.24) is 15.2 Å². The van der Waals surface area contributed by atoms with Gasteiger partial charge in [0.15, 0.2) is 0 Å². The molecule has 2 aliphatic rings. The second kappa shape index (κ2) is 6.80. The molecule has 0 amide bonds. The third-order valence-corrected chi connectivity index (χ3v) is 5.71. The Hall–Kier alpha value is -1.27. The molecule has 2 aromatic rings. The third-order valence-electron chi connectivity index (χ3n) is 5.39. The van der Waals surface area contributed by atoms with Crippen LogP contribution in [0.15, 0.2) is 24.3 Å². The van der Waals surface area contributed by atoms with E-state index in [4.69, 9.17) is 16.3 Å². The molecule has 2 aliphatic heterocycles. The number of nitrogens with one attached hydrogen (secondary N) is 1. The summed E-state index contributed by atoms with van der Waals surface area (Å²) in [5.74, 6) is 0. The molecule has 0 saturated carbocycles. The molecule has 0 bridgehead atoms. The lowest BCUT2D eigenvalue weighted by Gasteiger charge is -2.48. The lowest BCUT2D eigenvalue weighted by molar-refractivity contribution is -0.133. The molecule has 2 fully saturated rings. The number of aromatic nitrogens is 1. The van der Waals surface area contributed by atoms with Crippen molar-refractivity contribution >= 4 is 22.5 Å². The molecule has 0 spiro atoms. The normalized spacial score (nSPS) is 23.1. The van der Waals surface area contributed by atoms with Crippen LogP contribution in [0.25, 0.3) is 10.9 Å². The van der Waals surface area contributed by atoms with Crippen LogP contribution >= 0.6 is 11.6 Å². The Morgan fingerprint density at radius 1 is 1.44 bits per heavy atom. The summed E-state index contributed by atoms with van der Waals surface area (Å²) in [4.78, 5) is 6.79. The minimum absolute atomic E-state index is 0.0752. The minimum Gasteiger partial charge on any atom is -0.377 e. The Morgan fingerprint density at radius 3 is 2.96 bits per heavy atom. The number of nitrogens with zero attached hydrogens (tertiary/aromatic N) is 2. The van der Waals surface area contributed by atoms with Gasteiger partial charge in [-0.15, -0.1) is 0 Å². The van der Waals surface area contributed by atoms with Gasteiger partial charge in [0.05, 0.1) is 24.3 Å². The molecule has 1 unspecified atom stereocenters. The van der Waals surface area contributed by atoms with E-state index in [1.54, 1.807) is 0 Å². The van der Waals surface area contributed by atoms with Gasteiger partial charge in [-0.3, -0.25) is 4.90 Å². The first-order chi connectivity index (χ1) is 12.1. The number of aryl methyl sites for hydroxylation is 1. The van der Waals surface area contributed by atoms with E-state index < -0.39 is 6.17 Å². The van der Waals surface area contributed by atoms with Gasteiger partial charge in [0, 0.05) is 37.1 Å². The SMILES string of the molecule is Cc1cccc2cc(CNCC3(N4CCC(F)C4)COC3)c(Cl)nc12. The van der Waals surface area contributed by atoms with Gasteiger partial charge < -0.3 is 10.1 Å². The summed E-state index contributed by atoms with van der Waals surface area (Å²) in [5, 5.41) is 5.13. The van der Waals surface area contributed by atoms with Crippen LogP contribution in [-0.4, -0.2) is 54.4 Å².